The van der Waals surface area contributed by atoms with Gasteiger partial charge in [0.25, 0.3) is 0 Å². The predicted molar refractivity (Wildman–Crippen MR) is 70.3 cm³/mol. The van der Waals surface area contributed by atoms with E-state index in [1.807, 2.05) is 0 Å². The fraction of sp³-hybridized carbons (Fsp3) is 0.429. The molecule has 0 aliphatic heterocycles. The summed E-state index contributed by atoms with van der Waals surface area (Å²) >= 11 is 0. The van der Waals surface area contributed by atoms with E-state index in [2.05, 4.69) is 55.6 Å². The van der Waals surface area contributed by atoms with E-state index in [0.717, 1.165) is 12.8 Å². The van der Waals surface area contributed by atoms with Crippen molar-refractivity contribution in [2.75, 3.05) is 0 Å². The van der Waals surface area contributed by atoms with Crippen molar-refractivity contribution in [3.63, 3.8) is 0 Å². The van der Waals surface area contributed by atoms with Crippen LogP contribution >= 0.6 is 0 Å². The van der Waals surface area contributed by atoms with Gasteiger partial charge in [-0.05, 0) is 24.8 Å². The normalized spacial score (nSPS) is 27.5. The van der Waals surface area contributed by atoms with Gasteiger partial charge in [0, 0.05) is 1.37 Å². The lowest BCUT2D eigenvalue weighted by atomic mass is 10.1. The third kappa shape index (κ3) is 2.23. The third-order valence-electron chi connectivity index (χ3n) is 3.43. The number of allylic oxidation sites excluding steroid dienone is 2. The molecule has 0 nitrogen and oxygen atoms in total. The molecular formula is C14H20Si. The van der Waals surface area contributed by atoms with Gasteiger partial charge in [0.05, 0.1) is 8.07 Å². The van der Waals surface area contributed by atoms with E-state index >= 15 is 0 Å². The van der Waals surface area contributed by atoms with Gasteiger partial charge in [0.15, 0.2) is 0 Å². The second-order valence-corrected chi connectivity index (χ2v) is 9.28. The lowest BCUT2D eigenvalue weighted by molar-refractivity contribution is 0.715. The van der Waals surface area contributed by atoms with Crippen LogP contribution in [0.3, 0.4) is 0 Å². The van der Waals surface area contributed by atoms with Gasteiger partial charge >= 0.3 is 0 Å². The standard InChI is InChI=1S/C14H20Si/c1-15(2,13-9-5-3-6-10-13)14-11-7-4-8-12-14/h3,5-7,9-11,14H,4,8,12H2,1-2H3/i14D. The number of hydrogen-bond acceptors (Lipinski definition) is 0. The molecule has 15 heavy (non-hydrogen) atoms. The minimum Gasteiger partial charge on any atom is -0.0885 e. The summed E-state index contributed by atoms with van der Waals surface area (Å²) in [6.07, 6.45) is 7.71. The summed E-state index contributed by atoms with van der Waals surface area (Å²) in [4.78, 5) is 0. The van der Waals surface area contributed by atoms with Crippen molar-refractivity contribution in [1.29, 1.82) is 0 Å². The molecule has 0 spiro atoms. The van der Waals surface area contributed by atoms with Crippen molar-refractivity contribution < 1.29 is 1.37 Å². The van der Waals surface area contributed by atoms with Crippen LogP contribution in [0, 0.1) is 0 Å². The molecule has 1 aliphatic rings. The quantitative estimate of drug-likeness (QED) is 0.523. The van der Waals surface area contributed by atoms with Crippen LogP contribution in [0.2, 0.25) is 18.6 Å². The second kappa shape index (κ2) is 4.36. The molecule has 1 aliphatic carbocycles. The zero-order chi connectivity index (χ0) is 11.6. The van der Waals surface area contributed by atoms with Gasteiger partial charge in [0.2, 0.25) is 0 Å². The molecule has 0 N–H and O–H groups in total. The van der Waals surface area contributed by atoms with Crippen molar-refractivity contribution in [3.8, 4) is 0 Å². The summed E-state index contributed by atoms with van der Waals surface area (Å²) in [5, 5.41) is 1.40. The van der Waals surface area contributed by atoms with E-state index in [4.69, 9.17) is 1.37 Å². The lowest BCUT2D eigenvalue weighted by Gasteiger charge is -2.32. The zero-order valence-electron chi connectivity index (χ0n) is 10.7. The molecule has 80 valence electrons. The van der Waals surface area contributed by atoms with Gasteiger partial charge in [0.1, 0.15) is 0 Å². The number of hydrogen-bond donors (Lipinski definition) is 0. The first-order valence-corrected chi connectivity index (χ1v) is 8.79. The van der Waals surface area contributed by atoms with Crippen molar-refractivity contribution in [1.82, 2.24) is 0 Å². The van der Waals surface area contributed by atoms with Crippen LogP contribution < -0.4 is 5.19 Å². The van der Waals surface area contributed by atoms with E-state index in [-0.39, 0.29) is 5.52 Å². The Hall–Kier alpha value is -0.823. The van der Waals surface area contributed by atoms with Crippen molar-refractivity contribution in [2.45, 2.75) is 37.9 Å². The molecule has 1 aromatic rings. The van der Waals surface area contributed by atoms with Crippen molar-refractivity contribution >= 4 is 13.3 Å². The molecular weight excluding hydrogens is 196 g/mol. The maximum atomic E-state index is 8.74. The molecule has 0 saturated heterocycles. The molecule has 0 saturated carbocycles. The first-order chi connectivity index (χ1) is 7.56. The van der Waals surface area contributed by atoms with E-state index in [1.54, 1.807) is 0 Å². The fourth-order valence-electron chi connectivity index (χ4n) is 2.28. The highest BCUT2D eigenvalue weighted by atomic mass is 28.3. The monoisotopic (exact) mass is 217 g/mol. The molecule has 2 rings (SSSR count). The van der Waals surface area contributed by atoms with Gasteiger partial charge in [-0.3, -0.25) is 0 Å². The highest BCUT2D eigenvalue weighted by Crippen LogP contribution is 2.32. The first kappa shape index (κ1) is 9.41. The molecule has 0 fully saturated rings. The van der Waals surface area contributed by atoms with Crippen LogP contribution in [0.25, 0.3) is 0 Å². The molecule has 1 aromatic carbocycles. The summed E-state index contributed by atoms with van der Waals surface area (Å²) in [6, 6.07) is 10.6. The smallest absolute Gasteiger partial charge is 0.0873 e. The van der Waals surface area contributed by atoms with Crippen LogP contribution in [-0.2, 0) is 0 Å². The van der Waals surface area contributed by atoms with E-state index < -0.39 is 8.07 Å². The molecule has 0 radical (unpaired) electrons. The van der Waals surface area contributed by atoms with E-state index in [9.17, 15) is 0 Å². The Morgan fingerprint density at radius 2 is 2.00 bits per heavy atom. The molecule has 1 atom stereocenters. The summed E-state index contributed by atoms with van der Waals surface area (Å²) < 4.78 is 8.74. The third-order valence-corrected chi connectivity index (χ3v) is 7.23. The minimum atomic E-state index is -1.72. The van der Waals surface area contributed by atoms with Gasteiger partial charge < -0.3 is 0 Å². The molecule has 0 heterocycles. The summed E-state index contributed by atoms with van der Waals surface area (Å²) in [6.45, 7) is 4.65. The average Bonchev–Trinajstić information content (AvgIpc) is 2.31. The average molecular weight is 217 g/mol. The summed E-state index contributed by atoms with van der Waals surface area (Å²) in [5.74, 6) is 0. The molecule has 0 amide bonds. The zero-order valence-corrected chi connectivity index (χ0v) is 10.7. The molecule has 0 aromatic heterocycles. The van der Waals surface area contributed by atoms with Crippen molar-refractivity contribution in [3.05, 3.63) is 42.5 Å². The van der Waals surface area contributed by atoms with E-state index in [0.29, 0.717) is 0 Å². The maximum Gasteiger partial charge on any atom is 0.0873 e. The SMILES string of the molecule is [2H]C1([Si](C)(C)c2ccccc2)C=CCCC1. The Bertz CT molecular complexity index is 383. The Kier molecular flexibility index (Phi) is 2.73. The second-order valence-electron chi connectivity index (χ2n) is 4.81. The van der Waals surface area contributed by atoms with Gasteiger partial charge in [-0.25, -0.2) is 0 Å². The Balaban J connectivity index is 2.38. The van der Waals surface area contributed by atoms with Crippen LogP contribution in [-0.4, -0.2) is 8.07 Å². The molecule has 1 unspecified atom stereocenters. The molecule has 0 bridgehead atoms. The first-order valence-electron chi connectivity index (χ1n) is 6.29. The van der Waals surface area contributed by atoms with Gasteiger partial charge in [-0.15, -0.1) is 0 Å². The highest BCUT2D eigenvalue weighted by Gasteiger charge is 2.31. The van der Waals surface area contributed by atoms with Gasteiger partial charge in [-0.2, -0.15) is 0 Å². The predicted octanol–water partition coefficient (Wildman–Crippen LogP) is 3.71. The number of rotatable bonds is 2. The molecule has 1 heteroatoms. The van der Waals surface area contributed by atoms with Crippen LogP contribution in [0.5, 0.6) is 0 Å². The highest BCUT2D eigenvalue weighted by molar-refractivity contribution is 6.91. The van der Waals surface area contributed by atoms with Crippen LogP contribution in [0.4, 0.5) is 0 Å². The minimum absolute atomic E-state index is 0.313. The Morgan fingerprint density at radius 3 is 2.60 bits per heavy atom. The van der Waals surface area contributed by atoms with Crippen LogP contribution in [0.1, 0.15) is 20.6 Å². The van der Waals surface area contributed by atoms with Gasteiger partial charge in [-0.1, -0.05) is 60.8 Å². The lowest BCUT2D eigenvalue weighted by Crippen LogP contribution is -2.45. The fourth-order valence-corrected chi connectivity index (χ4v) is 5.01. The largest absolute Gasteiger partial charge is 0.0885 e. The van der Waals surface area contributed by atoms with E-state index in [1.165, 1.54) is 11.6 Å². The Morgan fingerprint density at radius 1 is 1.27 bits per heavy atom. The number of benzene rings is 1. The summed E-state index contributed by atoms with van der Waals surface area (Å²) in [7, 11) is -1.72. The topological polar surface area (TPSA) is 0 Å². The summed E-state index contributed by atoms with van der Waals surface area (Å²) in [5.41, 5.74) is -0.313. The Labute approximate surface area is 95.4 Å². The maximum absolute atomic E-state index is 8.74. The van der Waals surface area contributed by atoms with Crippen LogP contribution in [0.15, 0.2) is 42.5 Å². The van der Waals surface area contributed by atoms with Crippen molar-refractivity contribution in [2.24, 2.45) is 0 Å².